The fourth-order valence-corrected chi connectivity index (χ4v) is 3.40. The van der Waals surface area contributed by atoms with Gasteiger partial charge in [0, 0.05) is 31.2 Å². The smallest absolute Gasteiger partial charge is 0.0587 e. The molecule has 1 saturated carbocycles. The second-order valence-corrected chi connectivity index (χ2v) is 6.22. The molecule has 1 aliphatic heterocycles. The van der Waals surface area contributed by atoms with Crippen molar-refractivity contribution < 1.29 is 9.84 Å². The SMILES string of the molecule is CCC1CC(NCC2(CO)CCCCC2)CCO1. The van der Waals surface area contributed by atoms with Crippen molar-refractivity contribution in [2.24, 2.45) is 5.41 Å². The molecule has 2 unspecified atom stereocenters. The lowest BCUT2D eigenvalue weighted by molar-refractivity contribution is -0.00511. The second-order valence-electron chi connectivity index (χ2n) is 6.22. The molecule has 3 heteroatoms. The molecule has 0 spiro atoms. The molecule has 1 heterocycles. The maximum Gasteiger partial charge on any atom is 0.0587 e. The third kappa shape index (κ3) is 3.69. The van der Waals surface area contributed by atoms with E-state index in [2.05, 4.69) is 12.2 Å². The number of aliphatic hydroxyl groups excluding tert-OH is 1. The molecule has 106 valence electrons. The van der Waals surface area contributed by atoms with Crippen LogP contribution in [0.4, 0.5) is 0 Å². The van der Waals surface area contributed by atoms with Crippen LogP contribution in [0.5, 0.6) is 0 Å². The Kier molecular flexibility index (Phi) is 5.46. The van der Waals surface area contributed by atoms with Crippen molar-refractivity contribution in [2.45, 2.75) is 70.4 Å². The summed E-state index contributed by atoms with van der Waals surface area (Å²) in [6, 6.07) is 0.592. The first-order valence-corrected chi connectivity index (χ1v) is 7.74. The highest BCUT2D eigenvalue weighted by Gasteiger charge is 2.32. The largest absolute Gasteiger partial charge is 0.396 e. The summed E-state index contributed by atoms with van der Waals surface area (Å²) in [6.45, 7) is 4.43. The topological polar surface area (TPSA) is 41.5 Å². The molecule has 18 heavy (non-hydrogen) atoms. The summed E-state index contributed by atoms with van der Waals surface area (Å²) < 4.78 is 5.71. The monoisotopic (exact) mass is 255 g/mol. The fraction of sp³-hybridized carbons (Fsp3) is 1.00. The van der Waals surface area contributed by atoms with Gasteiger partial charge >= 0.3 is 0 Å². The van der Waals surface area contributed by atoms with Gasteiger partial charge < -0.3 is 15.2 Å². The van der Waals surface area contributed by atoms with Crippen molar-refractivity contribution in [3.63, 3.8) is 0 Å². The molecule has 1 saturated heterocycles. The molecule has 2 aliphatic rings. The molecule has 0 aromatic rings. The molecule has 3 nitrogen and oxygen atoms in total. The highest BCUT2D eigenvalue weighted by atomic mass is 16.5. The van der Waals surface area contributed by atoms with Gasteiger partial charge in [-0.3, -0.25) is 0 Å². The van der Waals surface area contributed by atoms with Crippen molar-refractivity contribution in [1.29, 1.82) is 0 Å². The summed E-state index contributed by atoms with van der Waals surface area (Å²) in [5, 5.41) is 13.4. The van der Waals surface area contributed by atoms with Crippen LogP contribution in [0, 0.1) is 5.41 Å². The lowest BCUT2D eigenvalue weighted by Crippen LogP contribution is -2.46. The molecule has 1 aliphatic carbocycles. The molecule has 0 aromatic heterocycles. The Morgan fingerprint density at radius 1 is 1.28 bits per heavy atom. The van der Waals surface area contributed by atoms with E-state index >= 15 is 0 Å². The standard InChI is InChI=1S/C15H29NO2/c1-2-14-10-13(6-9-18-14)16-11-15(12-17)7-4-3-5-8-15/h13-14,16-17H,2-12H2,1H3. The Morgan fingerprint density at radius 2 is 2.06 bits per heavy atom. The van der Waals surface area contributed by atoms with Gasteiger partial charge in [0.2, 0.25) is 0 Å². The zero-order valence-corrected chi connectivity index (χ0v) is 11.8. The lowest BCUT2D eigenvalue weighted by Gasteiger charge is -2.38. The predicted molar refractivity (Wildman–Crippen MR) is 73.7 cm³/mol. The maximum atomic E-state index is 9.70. The maximum absolute atomic E-state index is 9.70. The normalized spacial score (nSPS) is 32.3. The average molecular weight is 255 g/mol. The summed E-state index contributed by atoms with van der Waals surface area (Å²) in [5.41, 5.74) is 0.165. The van der Waals surface area contributed by atoms with E-state index < -0.39 is 0 Å². The molecule has 2 N–H and O–H groups in total. The van der Waals surface area contributed by atoms with Crippen molar-refractivity contribution in [3.05, 3.63) is 0 Å². The van der Waals surface area contributed by atoms with E-state index in [1.807, 2.05) is 0 Å². The van der Waals surface area contributed by atoms with Gasteiger partial charge in [0.1, 0.15) is 0 Å². The molecule has 0 amide bonds. The summed E-state index contributed by atoms with van der Waals surface area (Å²) in [7, 11) is 0. The van der Waals surface area contributed by atoms with Crippen molar-refractivity contribution in [2.75, 3.05) is 19.8 Å². The third-order valence-corrected chi connectivity index (χ3v) is 4.84. The van der Waals surface area contributed by atoms with Crippen molar-refractivity contribution >= 4 is 0 Å². The Hall–Kier alpha value is -0.120. The quantitative estimate of drug-likeness (QED) is 0.793. The summed E-state index contributed by atoms with van der Waals surface area (Å²) in [6.07, 6.45) is 10.1. The van der Waals surface area contributed by atoms with Gasteiger partial charge in [-0.2, -0.15) is 0 Å². The average Bonchev–Trinajstić information content (AvgIpc) is 2.46. The van der Waals surface area contributed by atoms with Crippen LogP contribution in [0.3, 0.4) is 0 Å². The van der Waals surface area contributed by atoms with Crippen LogP contribution in [0.1, 0.15) is 58.3 Å². The predicted octanol–water partition coefficient (Wildman–Crippen LogP) is 2.48. The van der Waals surface area contributed by atoms with Crippen LogP contribution >= 0.6 is 0 Å². The van der Waals surface area contributed by atoms with Crippen LogP contribution in [0.2, 0.25) is 0 Å². The van der Waals surface area contributed by atoms with Crippen LogP contribution < -0.4 is 5.32 Å². The van der Waals surface area contributed by atoms with Gasteiger partial charge in [0.05, 0.1) is 6.10 Å². The fourth-order valence-electron chi connectivity index (χ4n) is 3.40. The number of hydrogen-bond acceptors (Lipinski definition) is 3. The zero-order valence-electron chi connectivity index (χ0n) is 11.8. The first kappa shape index (κ1) is 14.3. The highest BCUT2D eigenvalue weighted by molar-refractivity contribution is 4.87. The number of rotatable bonds is 5. The first-order valence-electron chi connectivity index (χ1n) is 7.74. The molecule has 2 fully saturated rings. The Labute approximate surface area is 111 Å². The number of ether oxygens (including phenoxy) is 1. The van der Waals surface area contributed by atoms with Crippen molar-refractivity contribution in [3.8, 4) is 0 Å². The lowest BCUT2D eigenvalue weighted by atomic mass is 9.74. The zero-order chi connectivity index (χ0) is 12.8. The van der Waals surface area contributed by atoms with E-state index in [0.29, 0.717) is 18.8 Å². The Balaban J connectivity index is 1.78. The van der Waals surface area contributed by atoms with E-state index in [0.717, 1.165) is 32.4 Å². The summed E-state index contributed by atoms with van der Waals surface area (Å²) in [5.74, 6) is 0. The Bertz CT molecular complexity index is 239. The minimum absolute atomic E-state index is 0.165. The summed E-state index contributed by atoms with van der Waals surface area (Å²) in [4.78, 5) is 0. The molecule has 0 bridgehead atoms. The van der Waals surface area contributed by atoms with Gasteiger partial charge in [-0.25, -0.2) is 0 Å². The second kappa shape index (κ2) is 6.88. The van der Waals surface area contributed by atoms with E-state index in [1.54, 1.807) is 0 Å². The molecule has 0 aromatic carbocycles. The minimum Gasteiger partial charge on any atom is -0.396 e. The van der Waals surface area contributed by atoms with E-state index in [4.69, 9.17) is 4.74 Å². The molecule has 0 radical (unpaired) electrons. The van der Waals surface area contributed by atoms with E-state index in [-0.39, 0.29) is 5.41 Å². The molecule has 2 rings (SSSR count). The van der Waals surface area contributed by atoms with E-state index in [1.165, 1.54) is 32.1 Å². The molecular formula is C15H29NO2. The van der Waals surface area contributed by atoms with Crippen LogP contribution in [-0.4, -0.2) is 37.0 Å². The number of nitrogens with one attached hydrogen (secondary N) is 1. The molecular weight excluding hydrogens is 226 g/mol. The van der Waals surface area contributed by atoms with E-state index in [9.17, 15) is 5.11 Å². The van der Waals surface area contributed by atoms with Gasteiger partial charge in [-0.1, -0.05) is 26.2 Å². The van der Waals surface area contributed by atoms with Gasteiger partial charge in [0.15, 0.2) is 0 Å². The number of hydrogen-bond donors (Lipinski definition) is 2. The molecule has 2 atom stereocenters. The van der Waals surface area contributed by atoms with Crippen LogP contribution in [0.25, 0.3) is 0 Å². The minimum atomic E-state index is 0.165. The first-order chi connectivity index (χ1) is 8.78. The van der Waals surface area contributed by atoms with Gasteiger partial charge in [-0.05, 0) is 32.1 Å². The van der Waals surface area contributed by atoms with Crippen molar-refractivity contribution in [1.82, 2.24) is 5.32 Å². The summed E-state index contributed by atoms with van der Waals surface area (Å²) >= 11 is 0. The van der Waals surface area contributed by atoms with Gasteiger partial charge in [0.25, 0.3) is 0 Å². The third-order valence-electron chi connectivity index (χ3n) is 4.84. The van der Waals surface area contributed by atoms with Crippen LogP contribution in [0.15, 0.2) is 0 Å². The Morgan fingerprint density at radius 3 is 2.72 bits per heavy atom. The highest BCUT2D eigenvalue weighted by Crippen LogP contribution is 2.35. The number of aliphatic hydroxyl groups is 1. The van der Waals surface area contributed by atoms with Gasteiger partial charge in [-0.15, -0.1) is 0 Å². The van der Waals surface area contributed by atoms with Crippen LogP contribution in [-0.2, 0) is 4.74 Å².